The smallest absolute Gasteiger partial charge is 0.0362 e. The lowest BCUT2D eigenvalue weighted by atomic mass is 10.0. The van der Waals surface area contributed by atoms with Crippen molar-refractivity contribution in [3.63, 3.8) is 0 Å². The maximum absolute atomic E-state index is 5.83. The maximum atomic E-state index is 5.83. The van der Waals surface area contributed by atoms with Crippen LogP contribution in [-0.2, 0) is 0 Å². The molecule has 1 fully saturated rings. The fourth-order valence-electron chi connectivity index (χ4n) is 1.52. The van der Waals surface area contributed by atoms with Crippen LogP contribution < -0.4 is 10.9 Å². The van der Waals surface area contributed by atoms with Crippen molar-refractivity contribution in [3.05, 3.63) is 25.3 Å². The Morgan fingerprint density at radius 3 is 2.77 bits per heavy atom. The summed E-state index contributed by atoms with van der Waals surface area (Å²) in [5, 5.41) is 3.38. The lowest BCUT2D eigenvalue weighted by Gasteiger charge is -2.36. The van der Waals surface area contributed by atoms with Crippen LogP contribution in [0.1, 0.15) is 19.3 Å². The molecule has 3 atom stereocenters. The van der Waals surface area contributed by atoms with Crippen molar-refractivity contribution in [2.24, 2.45) is 5.84 Å². The van der Waals surface area contributed by atoms with Crippen molar-refractivity contribution in [3.8, 4) is 0 Å². The molecule has 1 rings (SSSR count). The summed E-state index contributed by atoms with van der Waals surface area (Å²) in [6.07, 6.45) is 6.97. The third kappa shape index (κ3) is 3.20. The zero-order valence-corrected chi connectivity index (χ0v) is 8.87. The Labute approximate surface area is 81.9 Å². The Balaban J connectivity index is 2.41. The average molecular weight is 199 g/mol. The van der Waals surface area contributed by atoms with Crippen LogP contribution >= 0.6 is 8.88 Å². The molecule has 0 spiro atoms. The fraction of sp³-hybridized carbons (Fsp3) is 0.556. The molecule has 1 saturated heterocycles. The molecule has 13 heavy (non-hydrogen) atoms. The predicted molar refractivity (Wildman–Crippen MR) is 59.3 cm³/mol. The van der Waals surface area contributed by atoms with Gasteiger partial charge in [0, 0.05) is 21.0 Å². The number of hydrazine groups is 1. The fourth-order valence-corrected chi connectivity index (χ4v) is 2.48. The molecule has 0 aromatic heterocycles. The molecule has 3 N–H and O–H groups in total. The summed E-state index contributed by atoms with van der Waals surface area (Å²) in [6.45, 7) is 7.48. The van der Waals surface area contributed by atoms with E-state index in [9.17, 15) is 0 Å². The van der Waals surface area contributed by atoms with Crippen molar-refractivity contribution < 1.29 is 0 Å². The van der Waals surface area contributed by atoms with Gasteiger partial charge in [-0.15, -0.1) is 13.2 Å². The van der Waals surface area contributed by atoms with Gasteiger partial charge in [0.15, 0.2) is 0 Å². The SMILES string of the molecule is C=CCC1CC(CC=C)N(N)PN1. The minimum atomic E-state index is 0.446. The summed E-state index contributed by atoms with van der Waals surface area (Å²) < 4.78 is 1.88. The van der Waals surface area contributed by atoms with Crippen molar-refractivity contribution in [2.75, 3.05) is 0 Å². The Bertz CT molecular complexity index is 184. The van der Waals surface area contributed by atoms with Crippen LogP contribution in [0, 0.1) is 0 Å². The molecule has 1 aliphatic rings. The number of hydrogen-bond acceptors (Lipinski definition) is 3. The summed E-state index contributed by atoms with van der Waals surface area (Å²) in [6, 6.07) is 0.989. The Morgan fingerprint density at radius 2 is 2.15 bits per heavy atom. The van der Waals surface area contributed by atoms with Gasteiger partial charge in [-0.2, -0.15) is 0 Å². The van der Waals surface area contributed by atoms with E-state index in [4.69, 9.17) is 5.84 Å². The molecule has 0 aliphatic carbocycles. The van der Waals surface area contributed by atoms with Crippen LogP contribution in [0.2, 0.25) is 0 Å². The molecule has 0 saturated carbocycles. The van der Waals surface area contributed by atoms with Crippen molar-refractivity contribution in [1.29, 1.82) is 0 Å². The van der Waals surface area contributed by atoms with Gasteiger partial charge in [0.25, 0.3) is 0 Å². The Hall–Kier alpha value is -0.210. The van der Waals surface area contributed by atoms with Gasteiger partial charge in [-0.05, 0) is 19.3 Å². The molecule has 3 nitrogen and oxygen atoms in total. The number of nitrogens with zero attached hydrogens (tertiary/aromatic N) is 1. The summed E-state index contributed by atoms with van der Waals surface area (Å²) in [7, 11) is 0.521. The first-order chi connectivity index (χ1) is 6.27. The zero-order chi connectivity index (χ0) is 9.68. The second kappa shape index (κ2) is 5.51. The molecule has 1 aliphatic heterocycles. The van der Waals surface area contributed by atoms with Crippen molar-refractivity contribution >= 4 is 8.88 Å². The molecule has 0 bridgehead atoms. The highest BCUT2D eigenvalue weighted by atomic mass is 31.1. The average Bonchev–Trinajstić information content (AvgIpc) is 2.12. The first-order valence-electron chi connectivity index (χ1n) is 4.54. The highest BCUT2D eigenvalue weighted by Gasteiger charge is 2.24. The molecular formula is C9H18N3P. The molecule has 0 radical (unpaired) electrons. The lowest BCUT2D eigenvalue weighted by Crippen LogP contribution is -2.46. The first-order valence-corrected chi connectivity index (χ1v) is 5.49. The van der Waals surface area contributed by atoms with E-state index in [1.165, 1.54) is 0 Å². The summed E-state index contributed by atoms with van der Waals surface area (Å²) in [5.41, 5.74) is 0. The lowest BCUT2D eigenvalue weighted by molar-refractivity contribution is 0.285. The van der Waals surface area contributed by atoms with Crippen LogP contribution in [0.5, 0.6) is 0 Å². The van der Waals surface area contributed by atoms with E-state index >= 15 is 0 Å². The van der Waals surface area contributed by atoms with Crippen LogP contribution in [0.15, 0.2) is 25.3 Å². The minimum absolute atomic E-state index is 0.446. The zero-order valence-electron chi connectivity index (χ0n) is 7.87. The highest BCUT2D eigenvalue weighted by Crippen LogP contribution is 2.27. The van der Waals surface area contributed by atoms with Crippen molar-refractivity contribution in [1.82, 2.24) is 9.87 Å². The van der Waals surface area contributed by atoms with Gasteiger partial charge >= 0.3 is 0 Å². The minimum Gasteiger partial charge on any atom is -0.282 e. The number of hydrogen-bond donors (Lipinski definition) is 2. The summed E-state index contributed by atoms with van der Waals surface area (Å²) in [5.74, 6) is 5.83. The molecule has 0 aromatic rings. The molecular weight excluding hydrogens is 181 g/mol. The molecule has 0 aromatic carbocycles. The van der Waals surface area contributed by atoms with E-state index in [1.807, 2.05) is 16.9 Å². The monoisotopic (exact) mass is 199 g/mol. The van der Waals surface area contributed by atoms with E-state index in [0.29, 0.717) is 21.0 Å². The molecule has 0 amide bonds. The van der Waals surface area contributed by atoms with Gasteiger partial charge in [0.1, 0.15) is 0 Å². The molecule has 4 heteroatoms. The second-order valence-electron chi connectivity index (χ2n) is 3.30. The summed E-state index contributed by atoms with van der Waals surface area (Å²) in [4.78, 5) is 0. The Morgan fingerprint density at radius 1 is 1.46 bits per heavy atom. The summed E-state index contributed by atoms with van der Waals surface area (Å²) >= 11 is 0. The van der Waals surface area contributed by atoms with Crippen molar-refractivity contribution in [2.45, 2.75) is 31.3 Å². The first kappa shape index (κ1) is 10.9. The topological polar surface area (TPSA) is 41.3 Å². The van der Waals surface area contributed by atoms with E-state index < -0.39 is 0 Å². The Kier molecular flexibility index (Phi) is 4.60. The molecule has 74 valence electrons. The molecule has 1 heterocycles. The standard InChI is InChI=1S/C9H18N3P/c1-3-5-8-7-9(6-4-2)12(10)13-11-8/h3-4,8-9,11,13H,1-2,5-7,10H2. The maximum Gasteiger partial charge on any atom is 0.0362 e. The number of nitrogens with two attached hydrogens (primary N) is 1. The van der Waals surface area contributed by atoms with Gasteiger partial charge < -0.3 is 0 Å². The van der Waals surface area contributed by atoms with E-state index in [0.717, 1.165) is 19.3 Å². The van der Waals surface area contributed by atoms with E-state index in [2.05, 4.69) is 18.2 Å². The van der Waals surface area contributed by atoms with Crippen LogP contribution in [0.4, 0.5) is 0 Å². The van der Waals surface area contributed by atoms with E-state index in [-0.39, 0.29) is 0 Å². The van der Waals surface area contributed by atoms with Gasteiger partial charge in [-0.25, -0.2) is 4.78 Å². The quantitative estimate of drug-likeness (QED) is 0.410. The molecule has 3 unspecified atom stereocenters. The normalized spacial score (nSPS) is 31.8. The highest BCUT2D eigenvalue weighted by molar-refractivity contribution is 7.32. The number of nitrogens with one attached hydrogen (secondary N) is 1. The van der Waals surface area contributed by atoms with Gasteiger partial charge in [0.05, 0.1) is 0 Å². The second-order valence-corrected chi connectivity index (χ2v) is 4.33. The van der Waals surface area contributed by atoms with Gasteiger partial charge in [-0.1, -0.05) is 12.2 Å². The van der Waals surface area contributed by atoms with Gasteiger partial charge in [-0.3, -0.25) is 10.9 Å². The van der Waals surface area contributed by atoms with Crippen LogP contribution in [0.3, 0.4) is 0 Å². The number of rotatable bonds is 4. The largest absolute Gasteiger partial charge is 0.282 e. The van der Waals surface area contributed by atoms with Crippen LogP contribution in [-0.4, -0.2) is 16.9 Å². The third-order valence-electron chi connectivity index (χ3n) is 2.24. The van der Waals surface area contributed by atoms with Crippen LogP contribution in [0.25, 0.3) is 0 Å². The van der Waals surface area contributed by atoms with Gasteiger partial charge in [0.2, 0.25) is 0 Å². The predicted octanol–water partition coefficient (Wildman–Crippen LogP) is 1.55. The van der Waals surface area contributed by atoms with E-state index in [1.54, 1.807) is 0 Å². The third-order valence-corrected chi connectivity index (χ3v) is 3.40.